The molecule has 3 unspecified atom stereocenters. The third kappa shape index (κ3) is 1.26. The minimum Gasteiger partial charge on any atom is -0.258 e. The third-order valence-electron chi connectivity index (χ3n) is 4.08. The lowest BCUT2D eigenvalue weighted by atomic mass is 9.54. The van der Waals surface area contributed by atoms with Gasteiger partial charge in [-0.2, -0.15) is 0 Å². The van der Waals surface area contributed by atoms with Crippen LogP contribution in [-0.2, 0) is 5.41 Å². The molecule has 14 heavy (non-hydrogen) atoms. The molecular formula is C13H19N. The molecule has 76 valence electrons. The van der Waals surface area contributed by atoms with Crippen molar-refractivity contribution in [2.45, 2.75) is 39.5 Å². The van der Waals surface area contributed by atoms with Crippen molar-refractivity contribution in [3.05, 3.63) is 29.6 Å². The molecule has 0 aliphatic heterocycles. The van der Waals surface area contributed by atoms with E-state index in [0.29, 0.717) is 5.41 Å². The standard InChI is InChI=1S/C13H19N/c1-9-8-13(4,11(9)3)12-7-5-6-10(2)14-12/h5-7,9,11H,8H2,1-4H3. The van der Waals surface area contributed by atoms with Gasteiger partial charge in [0.15, 0.2) is 0 Å². The van der Waals surface area contributed by atoms with Gasteiger partial charge in [-0.1, -0.05) is 26.8 Å². The molecule has 1 aromatic heterocycles. The van der Waals surface area contributed by atoms with Gasteiger partial charge in [-0.25, -0.2) is 0 Å². The van der Waals surface area contributed by atoms with Gasteiger partial charge in [0.2, 0.25) is 0 Å². The van der Waals surface area contributed by atoms with Crippen LogP contribution in [0.4, 0.5) is 0 Å². The number of hydrogen-bond donors (Lipinski definition) is 0. The fourth-order valence-corrected chi connectivity index (χ4v) is 2.70. The van der Waals surface area contributed by atoms with Crippen LogP contribution in [0.15, 0.2) is 18.2 Å². The fourth-order valence-electron chi connectivity index (χ4n) is 2.70. The van der Waals surface area contributed by atoms with E-state index in [1.807, 2.05) is 0 Å². The van der Waals surface area contributed by atoms with Crippen molar-refractivity contribution in [2.24, 2.45) is 11.8 Å². The molecule has 0 saturated heterocycles. The largest absolute Gasteiger partial charge is 0.258 e. The molecule has 1 aromatic rings. The molecular weight excluding hydrogens is 170 g/mol. The Morgan fingerprint density at radius 1 is 1.36 bits per heavy atom. The van der Waals surface area contributed by atoms with Crippen LogP contribution >= 0.6 is 0 Å². The second kappa shape index (κ2) is 3.08. The first kappa shape index (κ1) is 9.70. The van der Waals surface area contributed by atoms with E-state index in [2.05, 4.69) is 50.9 Å². The maximum absolute atomic E-state index is 4.65. The van der Waals surface area contributed by atoms with Crippen LogP contribution in [0.1, 0.15) is 38.6 Å². The molecule has 1 saturated carbocycles. The van der Waals surface area contributed by atoms with Crippen molar-refractivity contribution in [1.82, 2.24) is 4.98 Å². The summed E-state index contributed by atoms with van der Waals surface area (Å²) in [4.78, 5) is 4.65. The summed E-state index contributed by atoms with van der Waals surface area (Å²) in [5.74, 6) is 1.61. The van der Waals surface area contributed by atoms with Gasteiger partial charge in [-0.3, -0.25) is 4.98 Å². The molecule has 0 N–H and O–H groups in total. The Labute approximate surface area is 86.6 Å². The van der Waals surface area contributed by atoms with Crippen molar-refractivity contribution >= 4 is 0 Å². The number of rotatable bonds is 1. The van der Waals surface area contributed by atoms with Crippen LogP contribution in [0.2, 0.25) is 0 Å². The Balaban J connectivity index is 2.32. The van der Waals surface area contributed by atoms with E-state index in [9.17, 15) is 0 Å². The second-order valence-electron chi connectivity index (χ2n) is 5.05. The summed E-state index contributed by atoms with van der Waals surface area (Å²) in [6, 6.07) is 6.37. The first-order chi connectivity index (χ1) is 6.54. The Morgan fingerprint density at radius 3 is 2.57 bits per heavy atom. The smallest absolute Gasteiger partial charge is 0.0468 e. The van der Waals surface area contributed by atoms with E-state index < -0.39 is 0 Å². The topological polar surface area (TPSA) is 12.9 Å². The Hall–Kier alpha value is -0.850. The van der Waals surface area contributed by atoms with Crippen LogP contribution < -0.4 is 0 Å². The highest BCUT2D eigenvalue weighted by atomic mass is 14.8. The van der Waals surface area contributed by atoms with Crippen molar-refractivity contribution in [1.29, 1.82) is 0 Å². The van der Waals surface area contributed by atoms with Gasteiger partial charge in [0, 0.05) is 16.8 Å². The minimum absolute atomic E-state index is 0.325. The summed E-state index contributed by atoms with van der Waals surface area (Å²) in [5, 5.41) is 0. The molecule has 0 bridgehead atoms. The Kier molecular flexibility index (Phi) is 2.13. The number of nitrogens with zero attached hydrogens (tertiary/aromatic N) is 1. The highest BCUT2D eigenvalue weighted by molar-refractivity contribution is 5.24. The Morgan fingerprint density at radius 2 is 2.07 bits per heavy atom. The third-order valence-corrected chi connectivity index (χ3v) is 4.08. The lowest BCUT2D eigenvalue weighted by Crippen LogP contribution is -2.47. The average molecular weight is 189 g/mol. The summed E-state index contributed by atoms with van der Waals surface area (Å²) >= 11 is 0. The van der Waals surface area contributed by atoms with E-state index >= 15 is 0 Å². The molecule has 2 rings (SSSR count). The van der Waals surface area contributed by atoms with Crippen LogP contribution in [0.25, 0.3) is 0 Å². The van der Waals surface area contributed by atoms with Gasteiger partial charge >= 0.3 is 0 Å². The first-order valence-corrected chi connectivity index (χ1v) is 5.48. The van der Waals surface area contributed by atoms with Gasteiger partial charge < -0.3 is 0 Å². The van der Waals surface area contributed by atoms with Gasteiger partial charge in [0.1, 0.15) is 0 Å². The summed E-state index contributed by atoms with van der Waals surface area (Å²) in [7, 11) is 0. The molecule has 0 radical (unpaired) electrons. The van der Waals surface area contributed by atoms with Crippen LogP contribution in [-0.4, -0.2) is 4.98 Å². The molecule has 0 spiro atoms. The van der Waals surface area contributed by atoms with E-state index in [4.69, 9.17) is 0 Å². The van der Waals surface area contributed by atoms with E-state index in [0.717, 1.165) is 17.5 Å². The number of aryl methyl sites for hydroxylation is 1. The zero-order valence-electron chi connectivity index (χ0n) is 9.54. The maximum Gasteiger partial charge on any atom is 0.0468 e. The quantitative estimate of drug-likeness (QED) is 0.660. The summed E-state index contributed by atoms with van der Waals surface area (Å²) in [5.41, 5.74) is 2.74. The Bertz CT molecular complexity index is 345. The molecule has 1 nitrogen and oxygen atoms in total. The fraction of sp³-hybridized carbons (Fsp3) is 0.615. The highest BCUT2D eigenvalue weighted by Crippen LogP contribution is 2.51. The monoisotopic (exact) mass is 189 g/mol. The predicted octanol–water partition coefficient (Wildman–Crippen LogP) is 3.32. The number of aromatic nitrogens is 1. The van der Waals surface area contributed by atoms with Gasteiger partial charge in [0.25, 0.3) is 0 Å². The van der Waals surface area contributed by atoms with E-state index in [1.165, 1.54) is 12.1 Å². The molecule has 1 heterocycles. The average Bonchev–Trinajstić information content (AvgIpc) is 2.17. The lowest BCUT2D eigenvalue weighted by molar-refractivity contribution is 0.0700. The molecule has 0 aromatic carbocycles. The van der Waals surface area contributed by atoms with Crippen LogP contribution in [0.3, 0.4) is 0 Å². The first-order valence-electron chi connectivity index (χ1n) is 5.48. The number of pyridine rings is 1. The zero-order chi connectivity index (χ0) is 10.3. The summed E-state index contributed by atoms with van der Waals surface area (Å²) in [6.45, 7) is 9.10. The van der Waals surface area contributed by atoms with Gasteiger partial charge in [-0.05, 0) is 37.3 Å². The lowest BCUT2D eigenvalue weighted by Gasteiger charge is -2.50. The SMILES string of the molecule is Cc1cccc(C2(C)CC(C)C2C)n1. The molecule has 1 aliphatic rings. The predicted molar refractivity (Wildman–Crippen MR) is 59.3 cm³/mol. The molecule has 1 fully saturated rings. The van der Waals surface area contributed by atoms with Crippen molar-refractivity contribution < 1.29 is 0 Å². The summed E-state index contributed by atoms with van der Waals surface area (Å²) in [6.07, 6.45) is 1.28. The van der Waals surface area contributed by atoms with Crippen LogP contribution in [0, 0.1) is 18.8 Å². The van der Waals surface area contributed by atoms with Crippen molar-refractivity contribution in [3.63, 3.8) is 0 Å². The molecule has 3 atom stereocenters. The highest BCUT2D eigenvalue weighted by Gasteiger charge is 2.47. The summed E-state index contributed by atoms with van der Waals surface area (Å²) < 4.78 is 0. The van der Waals surface area contributed by atoms with Crippen LogP contribution in [0.5, 0.6) is 0 Å². The molecule has 0 amide bonds. The normalized spacial score (nSPS) is 36.6. The molecule has 1 aliphatic carbocycles. The maximum atomic E-state index is 4.65. The van der Waals surface area contributed by atoms with Crippen molar-refractivity contribution in [2.75, 3.05) is 0 Å². The second-order valence-corrected chi connectivity index (χ2v) is 5.05. The molecule has 1 heteroatoms. The van der Waals surface area contributed by atoms with E-state index in [-0.39, 0.29) is 0 Å². The number of hydrogen-bond acceptors (Lipinski definition) is 1. The van der Waals surface area contributed by atoms with E-state index in [1.54, 1.807) is 0 Å². The zero-order valence-corrected chi connectivity index (χ0v) is 9.54. The van der Waals surface area contributed by atoms with Gasteiger partial charge in [-0.15, -0.1) is 0 Å². The van der Waals surface area contributed by atoms with Crippen molar-refractivity contribution in [3.8, 4) is 0 Å². The van der Waals surface area contributed by atoms with Gasteiger partial charge in [0.05, 0.1) is 0 Å². The minimum atomic E-state index is 0.325.